The fourth-order valence-electron chi connectivity index (χ4n) is 3.45. The van der Waals surface area contributed by atoms with Crippen LogP contribution < -0.4 is 15.4 Å². The van der Waals surface area contributed by atoms with Crippen LogP contribution in [0.5, 0.6) is 5.75 Å². The summed E-state index contributed by atoms with van der Waals surface area (Å²) < 4.78 is 10.8. The van der Waals surface area contributed by atoms with Crippen LogP contribution in [0.25, 0.3) is 0 Å². The van der Waals surface area contributed by atoms with Gasteiger partial charge < -0.3 is 25.0 Å². The van der Waals surface area contributed by atoms with Gasteiger partial charge >= 0.3 is 0 Å². The number of aliphatic imine (C=N–C) groups is 1. The van der Waals surface area contributed by atoms with Crippen molar-refractivity contribution in [2.45, 2.75) is 45.7 Å². The quantitative estimate of drug-likeness (QED) is 0.394. The number of ether oxygens (including phenoxy) is 2. The molecule has 6 nitrogen and oxygen atoms in total. The molecule has 1 aromatic carbocycles. The molecule has 0 radical (unpaired) electrons. The third-order valence-electron chi connectivity index (χ3n) is 4.97. The lowest BCUT2D eigenvalue weighted by molar-refractivity contribution is 0.155. The van der Waals surface area contributed by atoms with Gasteiger partial charge in [0.05, 0.1) is 6.61 Å². The molecule has 0 aliphatic carbocycles. The van der Waals surface area contributed by atoms with E-state index in [0.717, 1.165) is 63.8 Å². The summed E-state index contributed by atoms with van der Waals surface area (Å²) in [6.07, 6.45) is 3.41. The number of hydrogen-bond donors (Lipinski definition) is 2. The highest BCUT2D eigenvalue weighted by Crippen LogP contribution is 2.19. The molecule has 0 unspecified atom stereocenters. The van der Waals surface area contributed by atoms with Gasteiger partial charge in [0.15, 0.2) is 5.96 Å². The molecule has 0 bridgehead atoms. The number of benzene rings is 1. The highest BCUT2D eigenvalue weighted by Gasteiger charge is 2.19. The first kappa shape index (κ1) is 21.5. The van der Waals surface area contributed by atoms with E-state index in [0.29, 0.717) is 12.6 Å². The fourth-order valence-corrected chi connectivity index (χ4v) is 3.45. The molecule has 1 heterocycles. The topological polar surface area (TPSA) is 58.1 Å². The maximum atomic E-state index is 5.61. The number of likely N-dealkylation sites (tertiary alicyclic amines) is 1. The third-order valence-corrected chi connectivity index (χ3v) is 4.97. The average Bonchev–Trinajstić information content (AvgIpc) is 2.68. The molecule has 27 heavy (non-hydrogen) atoms. The minimum atomic E-state index is 0.483. The summed E-state index contributed by atoms with van der Waals surface area (Å²) in [5, 5.41) is 7.01. The Kier molecular flexibility index (Phi) is 9.42. The van der Waals surface area contributed by atoms with E-state index >= 15 is 0 Å². The Morgan fingerprint density at radius 1 is 1.30 bits per heavy atom. The molecule has 6 heteroatoms. The van der Waals surface area contributed by atoms with Crippen molar-refractivity contribution in [2.24, 2.45) is 4.99 Å². The summed E-state index contributed by atoms with van der Waals surface area (Å²) in [5.41, 5.74) is 2.40. The van der Waals surface area contributed by atoms with Crippen molar-refractivity contribution in [1.29, 1.82) is 0 Å². The largest absolute Gasteiger partial charge is 0.494 e. The average molecular weight is 377 g/mol. The van der Waals surface area contributed by atoms with Gasteiger partial charge in [-0.3, -0.25) is 4.99 Å². The minimum absolute atomic E-state index is 0.483. The smallest absolute Gasteiger partial charge is 0.191 e. The van der Waals surface area contributed by atoms with Gasteiger partial charge in [-0.15, -0.1) is 0 Å². The molecular weight excluding hydrogens is 340 g/mol. The van der Waals surface area contributed by atoms with Crippen molar-refractivity contribution in [2.75, 3.05) is 47.0 Å². The van der Waals surface area contributed by atoms with Gasteiger partial charge in [-0.1, -0.05) is 12.1 Å². The maximum Gasteiger partial charge on any atom is 0.191 e. The second-order valence-corrected chi connectivity index (χ2v) is 7.07. The molecule has 0 spiro atoms. The Morgan fingerprint density at radius 3 is 2.70 bits per heavy atom. The monoisotopic (exact) mass is 376 g/mol. The second kappa shape index (κ2) is 11.8. The van der Waals surface area contributed by atoms with Crippen LogP contribution in [0.3, 0.4) is 0 Å². The summed E-state index contributed by atoms with van der Waals surface area (Å²) in [6, 6.07) is 6.81. The van der Waals surface area contributed by atoms with Crippen LogP contribution in [0.15, 0.2) is 23.2 Å². The summed E-state index contributed by atoms with van der Waals surface area (Å²) in [4.78, 5) is 6.91. The lowest BCUT2D eigenvalue weighted by Crippen LogP contribution is -2.48. The van der Waals surface area contributed by atoms with E-state index in [-0.39, 0.29) is 0 Å². The van der Waals surface area contributed by atoms with Gasteiger partial charge in [0.25, 0.3) is 0 Å². The van der Waals surface area contributed by atoms with Crippen LogP contribution in [0, 0.1) is 6.92 Å². The standard InChI is InChI=1S/C21H36N4O2/c1-5-27-20-8-7-18(15-17(20)2)16-23-21(22-3)24-19-9-12-25(13-10-19)11-6-14-26-4/h7-8,15,19H,5-6,9-14,16H2,1-4H3,(H2,22,23,24). The van der Waals surface area contributed by atoms with Gasteiger partial charge in [0.2, 0.25) is 0 Å². The predicted molar refractivity (Wildman–Crippen MR) is 112 cm³/mol. The number of methoxy groups -OCH3 is 1. The van der Waals surface area contributed by atoms with Gasteiger partial charge in [-0.2, -0.15) is 0 Å². The lowest BCUT2D eigenvalue weighted by Gasteiger charge is -2.33. The van der Waals surface area contributed by atoms with Crippen LogP contribution in [-0.2, 0) is 11.3 Å². The van der Waals surface area contributed by atoms with Crippen LogP contribution in [0.1, 0.15) is 37.3 Å². The number of nitrogens with zero attached hydrogens (tertiary/aromatic N) is 2. The third kappa shape index (κ3) is 7.39. The Labute approximate surface area is 164 Å². The number of rotatable bonds is 9. The van der Waals surface area contributed by atoms with E-state index in [2.05, 4.69) is 39.6 Å². The van der Waals surface area contributed by atoms with Gasteiger partial charge in [0.1, 0.15) is 5.75 Å². The molecule has 0 amide bonds. The highest BCUT2D eigenvalue weighted by atomic mass is 16.5. The van der Waals surface area contributed by atoms with E-state index in [4.69, 9.17) is 9.47 Å². The first-order valence-electron chi connectivity index (χ1n) is 10.1. The molecule has 0 aromatic heterocycles. The summed E-state index contributed by atoms with van der Waals surface area (Å²) in [5.74, 6) is 1.83. The Balaban J connectivity index is 1.74. The second-order valence-electron chi connectivity index (χ2n) is 7.07. The number of aryl methyl sites for hydroxylation is 1. The molecule has 1 aromatic rings. The first-order valence-corrected chi connectivity index (χ1v) is 10.1. The van der Waals surface area contributed by atoms with E-state index in [1.165, 1.54) is 11.1 Å². The van der Waals surface area contributed by atoms with E-state index in [9.17, 15) is 0 Å². The Hall–Kier alpha value is -1.79. The molecule has 2 N–H and O–H groups in total. The predicted octanol–water partition coefficient (Wildman–Crippen LogP) is 2.56. The van der Waals surface area contributed by atoms with Crippen LogP contribution in [-0.4, -0.2) is 63.9 Å². The molecule has 2 rings (SSSR count). The zero-order valence-electron chi connectivity index (χ0n) is 17.4. The van der Waals surface area contributed by atoms with Gasteiger partial charge in [-0.05, 0) is 50.3 Å². The van der Waals surface area contributed by atoms with E-state index in [1.807, 2.05) is 20.0 Å². The number of piperidine rings is 1. The number of hydrogen-bond acceptors (Lipinski definition) is 4. The van der Waals surface area contributed by atoms with Crippen molar-refractivity contribution >= 4 is 5.96 Å². The molecular formula is C21H36N4O2. The normalized spacial score (nSPS) is 16.4. The van der Waals surface area contributed by atoms with Crippen LogP contribution in [0.4, 0.5) is 0 Å². The summed E-state index contributed by atoms with van der Waals surface area (Å²) >= 11 is 0. The van der Waals surface area contributed by atoms with Crippen LogP contribution >= 0.6 is 0 Å². The molecule has 1 aliphatic rings. The van der Waals surface area contributed by atoms with E-state index in [1.54, 1.807) is 7.11 Å². The lowest BCUT2D eigenvalue weighted by atomic mass is 10.1. The first-order chi connectivity index (χ1) is 13.2. The fraction of sp³-hybridized carbons (Fsp3) is 0.667. The summed E-state index contributed by atoms with van der Waals surface area (Å²) in [7, 11) is 3.60. The van der Waals surface area contributed by atoms with Crippen molar-refractivity contribution in [3.63, 3.8) is 0 Å². The van der Waals surface area contributed by atoms with E-state index < -0.39 is 0 Å². The molecule has 0 atom stereocenters. The van der Waals surface area contributed by atoms with Gasteiger partial charge in [-0.25, -0.2) is 0 Å². The van der Waals surface area contributed by atoms with Crippen molar-refractivity contribution in [3.8, 4) is 5.75 Å². The minimum Gasteiger partial charge on any atom is -0.494 e. The summed E-state index contributed by atoms with van der Waals surface area (Å²) in [6.45, 7) is 9.79. The molecule has 1 aliphatic heterocycles. The van der Waals surface area contributed by atoms with Crippen LogP contribution in [0.2, 0.25) is 0 Å². The SMILES string of the molecule is CCOc1ccc(CNC(=NC)NC2CCN(CCCOC)CC2)cc1C. The number of nitrogens with one attached hydrogen (secondary N) is 2. The molecule has 152 valence electrons. The van der Waals surface area contributed by atoms with Gasteiger partial charge in [0, 0.05) is 53.0 Å². The number of guanidine groups is 1. The van der Waals surface area contributed by atoms with Crippen molar-refractivity contribution in [1.82, 2.24) is 15.5 Å². The maximum absolute atomic E-state index is 5.61. The van der Waals surface area contributed by atoms with Crippen molar-refractivity contribution < 1.29 is 9.47 Å². The van der Waals surface area contributed by atoms with Crippen molar-refractivity contribution in [3.05, 3.63) is 29.3 Å². The zero-order chi connectivity index (χ0) is 19.5. The zero-order valence-corrected chi connectivity index (χ0v) is 17.4. The molecule has 0 saturated carbocycles. The molecule has 1 saturated heterocycles. The Bertz CT molecular complexity index is 584. The molecule has 1 fully saturated rings. The Morgan fingerprint density at radius 2 is 2.07 bits per heavy atom. The highest BCUT2D eigenvalue weighted by molar-refractivity contribution is 5.79.